The van der Waals surface area contributed by atoms with Crippen molar-refractivity contribution >= 4 is 17.7 Å². The van der Waals surface area contributed by atoms with Crippen LogP contribution in [-0.4, -0.2) is 52.3 Å². The van der Waals surface area contributed by atoms with Crippen LogP contribution < -0.4 is 16.4 Å². The topological polar surface area (TPSA) is 130 Å². The van der Waals surface area contributed by atoms with Crippen molar-refractivity contribution in [3.05, 3.63) is 56.8 Å². The predicted molar refractivity (Wildman–Crippen MR) is 111 cm³/mol. The lowest BCUT2D eigenvalue weighted by molar-refractivity contribution is -0.121. The standard InChI is InChI=1S/C19H20N8O3S/c28-16(8-12-9-31-19-23-14-3-1-2-13(14)18(30)27(12)19)21-6-7-25-17(29)5-4-15(24-25)26-11-20-10-22-26/h4-5,10-12H,1-3,6-9H2,(H,21,28). The molecule has 11 nitrogen and oxygen atoms in total. The normalized spacial score (nSPS) is 16.8. The molecule has 1 unspecified atom stereocenters. The van der Waals surface area contributed by atoms with Crippen LogP contribution in [0.1, 0.15) is 30.1 Å². The van der Waals surface area contributed by atoms with Crippen LogP contribution in [0.5, 0.6) is 0 Å². The van der Waals surface area contributed by atoms with E-state index in [-0.39, 0.29) is 42.6 Å². The maximum atomic E-state index is 12.8. The molecule has 0 bridgehead atoms. The SMILES string of the molecule is O=C(CC1CSc2nc3c(c(=O)n21)CCC3)NCCn1nc(-n2cncn2)ccc1=O. The van der Waals surface area contributed by atoms with Gasteiger partial charge in [-0.3, -0.25) is 19.0 Å². The molecule has 3 aromatic rings. The third kappa shape index (κ3) is 3.78. The number of amides is 1. The van der Waals surface area contributed by atoms with Crippen molar-refractivity contribution < 1.29 is 4.79 Å². The zero-order valence-electron chi connectivity index (χ0n) is 16.6. The monoisotopic (exact) mass is 440 g/mol. The molecular formula is C19H20N8O3S. The molecule has 1 N–H and O–H groups in total. The molecular weight excluding hydrogens is 420 g/mol. The van der Waals surface area contributed by atoms with E-state index in [0.717, 1.165) is 30.5 Å². The van der Waals surface area contributed by atoms with E-state index in [0.29, 0.717) is 16.7 Å². The average Bonchev–Trinajstić information content (AvgIpc) is 3.51. The van der Waals surface area contributed by atoms with Gasteiger partial charge >= 0.3 is 0 Å². The summed E-state index contributed by atoms with van der Waals surface area (Å²) in [5.41, 5.74) is 1.45. The van der Waals surface area contributed by atoms with Crippen LogP contribution in [0.15, 0.2) is 39.5 Å². The van der Waals surface area contributed by atoms with E-state index in [4.69, 9.17) is 0 Å². The van der Waals surface area contributed by atoms with Gasteiger partial charge in [-0.1, -0.05) is 11.8 Å². The Bertz CT molecular complexity index is 1250. The average molecular weight is 440 g/mol. The van der Waals surface area contributed by atoms with E-state index >= 15 is 0 Å². The molecule has 2 aliphatic rings. The summed E-state index contributed by atoms with van der Waals surface area (Å²) in [6.07, 6.45) is 5.65. The predicted octanol–water partition coefficient (Wildman–Crippen LogP) is -0.277. The Morgan fingerprint density at radius 1 is 1.26 bits per heavy atom. The molecule has 1 amide bonds. The molecule has 0 fully saturated rings. The fourth-order valence-corrected chi connectivity index (χ4v) is 5.09. The van der Waals surface area contributed by atoms with Gasteiger partial charge in [0.1, 0.15) is 12.7 Å². The molecule has 3 aromatic heterocycles. The number of fused-ring (bicyclic) bond motifs is 2. The Balaban J connectivity index is 1.21. The smallest absolute Gasteiger partial charge is 0.266 e. The fraction of sp³-hybridized carbons (Fsp3) is 0.421. The number of rotatable bonds is 6. The summed E-state index contributed by atoms with van der Waals surface area (Å²) in [6, 6.07) is 2.75. The number of thioether (sulfide) groups is 1. The summed E-state index contributed by atoms with van der Waals surface area (Å²) < 4.78 is 4.41. The molecule has 31 heavy (non-hydrogen) atoms. The number of aromatic nitrogens is 7. The van der Waals surface area contributed by atoms with Crippen molar-refractivity contribution in [1.29, 1.82) is 0 Å². The summed E-state index contributed by atoms with van der Waals surface area (Å²) in [6.45, 7) is 0.467. The maximum absolute atomic E-state index is 12.8. The highest BCUT2D eigenvalue weighted by Gasteiger charge is 2.31. The van der Waals surface area contributed by atoms with Gasteiger partial charge in [-0.05, 0) is 25.3 Å². The summed E-state index contributed by atoms with van der Waals surface area (Å²) in [5.74, 6) is 0.938. The Hall–Kier alpha value is -3.28. The number of hydrogen-bond acceptors (Lipinski definition) is 8. The van der Waals surface area contributed by atoms with E-state index in [1.54, 1.807) is 10.6 Å². The molecule has 0 aromatic carbocycles. The van der Waals surface area contributed by atoms with Crippen LogP contribution in [0.4, 0.5) is 0 Å². The van der Waals surface area contributed by atoms with Crippen LogP contribution in [0.25, 0.3) is 5.82 Å². The minimum atomic E-state index is -0.272. The summed E-state index contributed by atoms with van der Waals surface area (Å²) >= 11 is 1.52. The van der Waals surface area contributed by atoms with Crippen LogP contribution in [-0.2, 0) is 24.2 Å². The van der Waals surface area contributed by atoms with E-state index in [9.17, 15) is 14.4 Å². The Labute approximate surface area is 180 Å². The van der Waals surface area contributed by atoms with Gasteiger partial charge in [0.25, 0.3) is 11.1 Å². The van der Waals surface area contributed by atoms with Gasteiger partial charge in [0.15, 0.2) is 11.0 Å². The third-order valence-corrected chi connectivity index (χ3v) is 6.54. The van der Waals surface area contributed by atoms with E-state index < -0.39 is 0 Å². The number of aryl methyl sites for hydroxylation is 1. The molecule has 1 aliphatic heterocycles. The second-order valence-corrected chi connectivity index (χ2v) is 8.45. The molecule has 12 heteroatoms. The highest BCUT2D eigenvalue weighted by Crippen LogP contribution is 2.33. The zero-order chi connectivity index (χ0) is 21.4. The molecule has 160 valence electrons. The first-order valence-electron chi connectivity index (χ1n) is 10.1. The molecule has 0 saturated carbocycles. The fourth-order valence-electron chi connectivity index (χ4n) is 3.94. The van der Waals surface area contributed by atoms with Gasteiger partial charge in [-0.25, -0.2) is 19.3 Å². The molecule has 0 radical (unpaired) electrons. The lowest BCUT2D eigenvalue weighted by atomic mass is 10.2. The summed E-state index contributed by atoms with van der Waals surface area (Å²) in [7, 11) is 0. The summed E-state index contributed by atoms with van der Waals surface area (Å²) in [4.78, 5) is 45.9. The van der Waals surface area contributed by atoms with E-state index in [2.05, 4.69) is 25.5 Å². The first-order valence-corrected chi connectivity index (χ1v) is 11.1. The summed E-state index contributed by atoms with van der Waals surface area (Å²) in [5, 5.41) is 11.8. The molecule has 1 atom stereocenters. The van der Waals surface area contributed by atoms with Gasteiger partial charge in [-0.2, -0.15) is 5.10 Å². The molecule has 4 heterocycles. The number of carbonyl (C=O) groups is 1. The minimum Gasteiger partial charge on any atom is -0.354 e. The first-order chi connectivity index (χ1) is 15.1. The van der Waals surface area contributed by atoms with Crippen LogP contribution in [0.2, 0.25) is 0 Å². The van der Waals surface area contributed by atoms with Gasteiger partial charge in [0.2, 0.25) is 5.91 Å². The lowest BCUT2D eigenvalue weighted by Gasteiger charge is -2.14. The Morgan fingerprint density at radius 2 is 2.16 bits per heavy atom. The second-order valence-electron chi connectivity index (χ2n) is 7.46. The van der Waals surface area contributed by atoms with Gasteiger partial charge in [-0.15, -0.1) is 5.10 Å². The van der Waals surface area contributed by atoms with Crippen molar-refractivity contribution in [1.82, 2.24) is 39.4 Å². The van der Waals surface area contributed by atoms with Crippen molar-refractivity contribution in [3.8, 4) is 5.82 Å². The quantitative estimate of drug-likeness (QED) is 0.518. The number of hydrogen-bond donors (Lipinski definition) is 1. The number of nitrogens with zero attached hydrogens (tertiary/aromatic N) is 7. The van der Waals surface area contributed by atoms with Gasteiger partial charge in [0, 0.05) is 30.3 Å². The largest absolute Gasteiger partial charge is 0.354 e. The molecule has 0 spiro atoms. The van der Waals surface area contributed by atoms with E-state index in [1.165, 1.54) is 39.8 Å². The van der Waals surface area contributed by atoms with Crippen LogP contribution in [0, 0.1) is 0 Å². The highest BCUT2D eigenvalue weighted by atomic mass is 32.2. The first kappa shape index (κ1) is 19.7. The van der Waals surface area contributed by atoms with Crippen molar-refractivity contribution in [2.24, 2.45) is 0 Å². The van der Waals surface area contributed by atoms with Crippen molar-refractivity contribution in [2.75, 3.05) is 12.3 Å². The maximum Gasteiger partial charge on any atom is 0.266 e. The van der Waals surface area contributed by atoms with Gasteiger partial charge in [0.05, 0.1) is 18.3 Å². The lowest BCUT2D eigenvalue weighted by Crippen LogP contribution is -2.35. The number of carbonyl (C=O) groups excluding carboxylic acids is 1. The second kappa shape index (κ2) is 8.10. The van der Waals surface area contributed by atoms with Gasteiger partial charge < -0.3 is 5.32 Å². The van der Waals surface area contributed by atoms with Crippen molar-refractivity contribution in [3.63, 3.8) is 0 Å². The third-order valence-electron chi connectivity index (χ3n) is 5.45. The zero-order valence-corrected chi connectivity index (χ0v) is 17.4. The molecule has 1 aliphatic carbocycles. The van der Waals surface area contributed by atoms with Crippen LogP contribution in [0.3, 0.4) is 0 Å². The van der Waals surface area contributed by atoms with E-state index in [1.807, 2.05) is 0 Å². The Kier molecular flexibility index (Phi) is 5.14. The highest BCUT2D eigenvalue weighted by molar-refractivity contribution is 7.99. The molecule has 5 rings (SSSR count). The molecule has 0 saturated heterocycles. The minimum absolute atomic E-state index is 0.000906. The van der Waals surface area contributed by atoms with Crippen LogP contribution >= 0.6 is 11.8 Å². The number of nitrogens with one attached hydrogen (secondary N) is 1. The van der Waals surface area contributed by atoms with Crippen molar-refractivity contribution in [2.45, 2.75) is 43.4 Å². The Morgan fingerprint density at radius 3 is 3.00 bits per heavy atom.